The molecule has 0 aliphatic carbocycles. The fraction of sp³-hybridized carbons (Fsp3) is 0.286. The summed E-state index contributed by atoms with van der Waals surface area (Å²) in [6.45, 7) is 2.30. The molecule has 1 fully saturated rings. The van der Waals surface area contributed by atoms with Crippen molar-refractivity contribution in [3.63, 3.8) is 0 Å². The lowest BCUT2D eigenvalue weighted by Crippen LogP contribution is -2.42. The number of benzene rings is 3. The van der Waals surface area contributed by atoms with Crippen LogP contribution in [0.25, 0.3) is 21.7 Å². The molecule has 0 unspecified atom stereocenters. The van der Waals surface area contributed by atoms with Gasteiger partial charge in [0.15, 0.2) is 0 Å². The Labute approximate surface area is 194 Å². The molecule has 0 saturated carbocycles. The molecule has 33 heavy (non-hydrogen) atoms. The number of likely N-dealkylation sites (N-methyl/N-ethyl adjacent to an activating group) is 1. The minimum absolute atomic E-state index is 0.0487. The molecule has 168 valence electrons. The fourth-order valence-corrected chi connectivity index (χ4v) is 4.87. The van der Waals surface area contributed by atoms with Crippen molar-refractivity contribution in [3.8, 4) is 5.75 Å². The summed E-state index contributed by atoms with van der Waals surface area (Å²) in [6, 6.07) is 24.2. The molecule has 2 heterocycles. The normalized spacial score (nSPS) is 14.6. The van der Waals surface area contributed by atoms with Crippen molar-refractivity contribution in [2.24, 2.45) is 5.92 Å². The number of fused-ring (bicyclic) bond motifs is 2. The van der Waals surface area contributed by atoms with E-state index >= 15 is 0 Å². The number of rotatable bonds is 5. The van der Waals surface area contributed by atoms with Crippen LogP contribution < -0.4 is 4.90 Å². The van der Waals surface area contributed by atoms with E-state index < -0.39 is 0 Å². The van der Waals surface area contributed by atoms with Gasteiger partial charge in [-0.2, -0.15) is 0 Å². The Morgan fingerprint density at radius 3 is 2.55 bits per heavy atom. The van der Waals surface area contributed by atoms with Gasteiger partial charge in [-0.25, -0.2) is 4.98 Å². The molecule has 0 radical (unpaired) electrons. The number of carbonyl (C=O) groups excluding carboxylic acids is 1. The average molecular weight is 440 g/mol. The van der Waals surface area contributed by atoms with E-state index in [1.165, 1.54) is 16.3 Å². The van der Waals surface area contributed by atoms with Crippen LogP contribution in [-0.2, 0) is 11.2 Å². The molecule has 1 aliphatic rings. The SMILES string of the molecule is CN(CCc1cccc2ccccc12)C(=O)C1CCN(c2ccc3cccc(O)c3n2)CC1. The van der Waals surface area contributed by atoms with Crippen LogP contribution in [0, 0.1) is 5.92 Å². The third-order valence-electron chi connectivity index (χ3n) is 6.83. The summed E-state index contributed by atoms with van der Waals surface area (Å²) in [5.41, 5.74) is 1.91. The Balaban J connectivity index is 1.19. The van der Waals surface area contributed by atoms with Crippen molar-refractivity contribution in [2.75, 3.05) is 31.6 Å². The van der Waals surface area contributed by atoms with Crippen LogP contribution in [0.15, 0.2) is 72.8 Å². The van der Waals surface area contributed by atoms with Crippen LogP contribution in [0.3, 0.4) is 0 Å². The molecule has 3 aromatic carbocycles. The zero-order chi connectivity index (χ0) is 22.8. The fourth-order valence-electron chi connectivity index (χ4n) is 4.87. The molecule has 4 aromatic rings. The summed E-state index contributed by atoms with van der Waals surface area (Å²) in [4.78, 5) is 21.9. The van der Waals surface area contributed by atoms with E-state index in [1.54, 1.807) is 6.07 Å². The highest BCUT2D eigenvalue weighted by Gasteiger charge is 2.27. The van der Waals surface area contributed by atoms with Crippen LogP contribution >= 0.6 is 0 Å². The van der Waals surface area contributed by atoms with E-state index in [4.69, 9.17) is 0 Å². The molecular weight excluding hydrogens is 410 g/mol. The van der Waals surface area contributed by atoms with Crippen molar-refractivity contribution in [1.29, 1.82) is 0 Å². The predicted octanol–water partition coefficient (Wildman–Crippen LogP) is 5.01. The van der Waals surface area contributed by atoms with Crippen LogP contribution in [0.2, 0.25) is 0 Å². The molecule has 1 aliphatic heterocycles. The maximum atomic E-state index is 13.1. The highest BCUT2D eigenvalue weighted by Crippen LogP contribution is 2.28. The van der Waals surface area contributed by atoms with Gasteiger partial charge >= 0.3 is 0 Å². The summed E-state index contributed by atoms with van der Waals surface area (Å²) in [5, 5.41) is 13.6. The summed E-state index contributed by atoms with van der Waals surface area (Å²) in [5.74, 6) is 1.35. The van der Waals surface area contributed by atoms with Gasteiger partial charge in [0, 0.05) is 38.0 Å². The first-order chi connectivity index (χ1) is 16.1. The van der Waals surface area contributed by atoms with Crippen molar-refractivity contribution in [1.82, 2.24) is 9.88 Å². The van der Waals surface area contributed by atoms with Crippen molar-refractivity contribution < 1.29 is 9.90 Å². The summed E-state index contributed by atoms with van der Waals surface area (Å²) in [6.07, 6.45) is 2.49. The standard InChI is InChI=1S/C28H29N3O2/c1-30(17-14-21-8-4-7-20-6-2-3-10-24(20)21)28(33)23-15-18-31(19-16-23)26-13-12-22-9-5-11-25(32)27(22)29-26/h2-13,23,32H,14-19H2,1H3. The number of aromatic hydroxyl groups is 1. The summed E-state index contributed by atoms with van der Waals surface area (Å²) in [7, 11) is 1.92. The molecule has 5 rings (SSSR count). The number of nitrogens with zero attached hydrogens (tertiary/aromatic N) is 3. The highest BCUT2D eigenvalue weighted by atomic mass is 16.3. The second kappa shape index (κ2) is 9.10. The van der Waals surface area contributed by atoms with Crippen LogP contribution in [-0.4, -0.2) is 47.6 Å². The lowest BCUT2D eigenvalue weighted by Gasteiger charge is -2.34. The maximum absolute atomic E-state index is 13.1. The first kappa shape index (κ1) is 21.3. The zero-order valence-corrected chi connectivity index (χ0v) is 18.9. The first-order valence-corrected chi connectivity index (χ1v) is 11.7. The number of amides is 1. The van der Waals surface area contributed by atoms with Gasteiger partial charge in [-0.3, -0.25) is 4.79 Å². The molecule has 5 heteroatoms. The molecule has 0 atom stereocenters. The van der Waals surface area contributed by atoms with Crippen LogP contribution in [0.5, 0.6) is 5.75 Å². The van der Waals surface area contributed by atoms with E-state index in [2.05, 4.69) is 52.3 Å². The smallest absolute Gasteiger partial charge is 0.225 e. The third-order valence-corrected chi connectivity index (χ3v) is 6.83. The van der Waals surface area contributed by atoms with Crippen LogP contribution in [0.1, 0.15) is 18.4 Å². The van der Waals surface area contributed by atoms with Gasteiger partial charge in [0.05, 0.1) is 0 Å². The van der Waals surface area contributed by atoms with Gasteiger partial charge < -0.3 is 14.9 Å². The Morgan fingerprint density at radius 2 is 1.70 bits per heavy atom. The third kappa shape index (κ3) is 4.36. The number of hydrogen-bond acceptors (Lipinski definition) is 4. The second-order valence-corrected chi connectivity index (χ2v) is 8.93. The zero-order valence-electron chi connectivity index (χ0n) is 18.9. The van der Waals surface area contributed by atoms with Crippen molar-refractivity contribution in [2.45, 2.75) is 19.3 Å². The minimum atomic E-state index is 0.0487. The van der Waals surface area contributed by atoms with E-state index in [-0.39, 0.29) is 17.6 Å². The second-order valence-electron chi connectivity index (χ2n) is 8.93. The number of para-hydroxylation sites is 1. The number of aromatic nitrogens is 1. The number of piperidine rings is 1. The minimum Gasteiger partial charge on any atom is -0.506 e. The van der Waals surface area contributed by atoms with E-state index in [0.29, 0.717) is 5.52 Å². The number of anilines is 1. The molecule has 1 N–H and O–H groups in total. The van der Waals surface area contributed by atoms with E-state index in [1.807, 2.05) is 36.2 Å². The maximum Gasteiger partial charge on any atom is 0.225 e. The molecular formula is C28H29N3O2. The van der Waals surface area contributed by atoms with Gasteiger partial charge in [-0.15, -0.1) is 0 Å². The monoisotopic (exact) mass is 439 g/mol. The first-order valence-electron chi connectivity index (χ1n) is 11.7. The van der Waals surface area contributed by atoms with Gasteiger partial charge in [0.25, 0.3) is 0 Å². The lowest BCUT2D eigenvalue weighted by molar-refractivity contribution is -0.134. The Bertz CT molecular complexity index is 1290. The highest BCUT2D eigenvalue weighted by molar-refractivity contribution is 5.86. The Morgan fingerprint density at radius 1 is 0.970 bits per heavy atom. The quantitative estimate of drug-likeness (QED) is 0.475. The van der Waals surface area contributed by atoms with E-state index in [0.717, 1.165) is 50.1 Å². The molecule has 1 amide bonds. The average Bonchev–Trinajstić information content (AvgIpc) is 2.87. The van der Waals surface area contributed by atoms with E-state index in [9.17, 15) is 9.90 Å². The van der Waals surface area contributed by atoms with Gasteiger partial charge in [-0.1, -0.05) is 54.6 Å². The van der Waals surface area contributed by atoms with Crippen LogP contribution in [0.4, 0.5) is 5.82 Å². The predicted molar refractivity (Wildman–Crippen MR) is 134 cm³/mol. The molecule has 0 spiro atoms. The summed E-state index contributed by atoms with van der Waals surface area (Å²) >= 11 is 0. The number of carbonyl (C=O) groups is 1. The van der Waals surface area contributed by atoms with Gasteiger partial charge in [0.1, 0.15) is 17.1 Å². The largest absolute Gasteiger partial charge is 0.506 e. The molecule has 5 nitrogen and oxygen atoms in total. The van der Waals surface area contributed by atoms with Crippen molar-refractivity contribution >= 4 is 33.4 Å². The Hall–Kier alpha value is -3.60. The molecule has 1 aromatic heterocycles. The topological polar surface area (TPSA) is 56.7 Å². The number of hydrogen-bond donors (Lipinski definition) is 1. The van der Waals surface area contributed by atoms with Gasteiger partial charge in [-0.05, 0) is 53.8 Å². The van der Waals surface area contributed by atoms with Gasteiger partial charge in [0.2, 0.25) is 5.91 Å². The molecule has 0 bridgehead atoms. The molecule has 1 saturated heterocycles. The number of phenols is 1. The summed E-state index contributed by atoms with van der Waals surface area (Å²) < 4.78 is 0. The van der Waals surface area contributed by atoms with Crippen molar-refractivity contribution in [3.05, 3.63) is 78.4 Å². The Kier molecular flexibility index (Phi) is 5.86. The number of phenolic OH excluding ortho intramolecular Hbond substituents is 1. The lowest BCUT2D eigenvalue weighted by atomic mass is 9.95. The number of pyridine rings is 1.